The Morgan fingerprint density at radius 2 is 1.21 bits per heavy atom. The van der Waals surface area contributed by atoms with E-state index >= 15 is 0 Å². The van der Waals surface area contributed by atoms with Gasteiger partial charge in [0.15, 0.2) is 0 Å². The predicted molar refractivity (Wildman–Crippen MR) is 63.2 cm³/mol. The Kier molecular flexibility index (Phi) is 4.87. The van der Waals surface area contributed by atoms with Gasteiger partial charge in [-0.25, -0.2) is 0 Å². The molecule has 1 nitrogen and oxygen atoms in total. The smallest absolute Gasteiger partial charge is 0.0880 e. The normalized spacial score (nSPS) is 20.6. The monoisotopic (exact) mass is 198 g/mol. The highest BCUT2D eigenvalue weighted by atomic mass is 16.3. The van der Waals surface area contributed by atoms with Gasteiger partial charge in [-0.05, 0) is 23.7 Å². The third kappa shape index (κ3) is 2.60. The van der Waals surface area contributed by atoms with Crippen LogP contribution in [0.15, 0.2) is 12.7 Å². The molecule has 0 spiro atoms. The number of aliphatic hydroxyl groups is 1. The summed E-state index contributed by atoms with van der Waals surface area (Å²) >= 11 is 0. The summed E-state index contributed by atoms with van der Waals surface area (Å²) in [5, 5.41) is 10.6. The third-order valence-electron chi connectivity index (χ3n) is 3.79. The van der Waals surface area contributed by atoms with Crippen molar-refractivity contribution in [3.8, 4) is 0 Å². The van der Waals surface area contributed by atoms with Crippen molar-refractivity contribution in [1.29, 1.82) is 0 Å². The van der Waals surface area contributed by atoms with Crippen LogP contribution in [-0.4, -0.2) is 10.7 Å². The predicted octanol–water partition coefficient (Wildman–Crippen LogP) is 3.49. The van der Waals surface area contributed by atoms with Crippen molar-refractivity contribution in [1.82, 2.24) is 0 Å². The molecule has 0 rings (SSSR count). The van der Waals surface area contributed by atoms with Gasteiger partial charge in [-0.3, -0.25) is 0 Å². The standard InChI is InChI=1S/C13H26O/c1-8-13(14,11(6)9(2)3)12(7)10(4)5/h8-12,14H,1H2,2-7H3. The molecule has 2 atom stereocenters. The Hall–Kier alpha value is -0.300. The lowest BCUT2D eigenvalue weighted by molar-refractivity contribution is -0.0451. The van der Waals surface area contributed by atoms with Gasteiger partial charge in [0.1, 0.15) is 0 Å². The molecule has 0 aliphatic rings. The fraction of sp³-hybridized carbons (Fsp3) is 0.846. The molecule has 0 saturated heterocycles. The number of hydrogen-bond acceptors (Lipinski definition) is 1. The molecule has 0 aliphatic heterocycles. The highest BCUT2D eigenvalue weighted by molar-refractivity contribution is 5.03. The van der Waals surface area contributed by atoms with Gasteiger partial charge in [0, 0.05) is 0 Å². The quantitative estimate of drug-likeness (QED) is 0.670. The van der Waals surface area contributed by atoms with Crippen molar-refractivity contribution in [2.45, 2.75) is 47.1 Å². The second-order valence-corrected chi connectivity index (χ2v) is 5.16. The van der Waals surface area contributed by atoms with E-state index in [0.29, 0.717) is 11.8 Å². The maximum atomic E-state index is 10.6. The second-order valence-electron chi connectivity index (χ2n) is 5.16. The first kappa shape index (κ1) is 13.7. The van der Waals surface area contributed by atoms with Gasteiger partial charge in [0.25, 0.3) is 0 Å². The van der Waals surface area contributed by atoms with Crippen LogP contribution in [0.25, 0.3) is 0 Å². The zero-order chi connectivity index (χ0) is 11.5. The Balaban J connectivity index is 4.87. The minimum atomic E-state index is -0.734. The lowest BCUT2D eigenvalue weighted by Crippen LogP contribution is -2.45. The van der Waals surface area contributed by atoms with Crippen LogP contribution in [0, 0.1) is 23.7 Å². The molecule has 84 valence electrons. The van der Waals surface area contributed by atoms with Crippen molar-refractivity contribution in [3.63, 3.8) is 0 Å². The molecule has 0 aromatic rings. The Morgan fingerprint density at radius 3 is 1.36 bits per heavy atom. The maximum absolute atomic E-state index is 10.6. The average molecular weight is 198 g/mol. The summed E-state index contributed by atoms with van der Waals surface area (Å²) in [5.41, 5.74) is -0.734. The Labute approximate surface area is 89.2 Å². The van der Waals surface area contributed by atoms with Crippen molar-refractivity contribution in [2.75, 3.05) is 0 Å². The third-order valence-corrected chi connectivity index (χ3v) is 3.79. The van der Waals surface area contributed by atoms with Crippen LogP contribution in [0.2, 0.25) is 0 Å². The van der Waals surface area contributed by atoms with Crippen LogP contribution in [0.3, 0.4) is 0 Å². The van der Waals surface area contributed by atoms with Gasteiger partial charge in [0.2, 0.25) is 0 Å². The van der Waals surface area contributed by atoms with E-state index in [9.17, 15) is 5.11 Å². The van der Waals surface area contributed by atoms with E-state index in [2.05, 4.69) is 48.1 Å². The van der Waals surface area contributed by atoms with Crippen LogP contribution in [0.5, 0.6) is 0 Å². The number of hydrogen-bond donors (Lipinski definition) is 1. The lowest BCUT2D eigenvalue weighted by atomic mass is 9.70. The summed E-state index contributed by atoms with van der Waals surface area (Å²) in [6, 6.07) is 0. The van der Waals surface area contributed by atoms with Crippen molar-refractivity contribution >= 4 is 0 Å². The first-order chi connectivity index (χ1) is 6.27. The van der Waals surface area contributed by atoms with Crippen molar-refractivity contribution < 1.29 is 5.11 Å². The van der Waals surface area contributed by atoms with E-state index in [4.69, 9.17) is 0 Å². The second kappa shape index (κ2) is 4.97. The molecule has 0 bridgehead atoms. The first-order valence-corrected chi connectivity index (χ1v) is 5.63. The van der Waals surface area contributed by atoms with Crippen LogP contribution in [-0.2, 0) is 0 Å². The molecule has 0 aromatic heterocycles. The Morgan fingerprint density at radius 1 is 0.929 bits per heavy atom. The van der Waals surface area contributed by atoms with Gasteiger partial charge in [-0.2, -0.15) is 0 Å². The van der Waals surface area contributed by atoms with Crippen LogP contribution in [0.4, 0.5) is 0 Å². The molecule has 1 heteroatoms. The molecule has 0 radical (unpaired) electrons. The minimum Gasteiger partial charge on any atom is -0.385 e. The van der Waals surface area contributed by atoms with E-state index in [0.717, 1.165) is 0 Å². The maximum Gasteiger partial charge on any atom is 0.0880 e. The van der Waals surface area contributed by atoms with Crippen molar-refractivity contribution in [3.05, 3.63) is 12.7 Å². The van der Waals surface area contributed by atoms with Crippen LogP contribution < -0.4 is 0 Å². The van der Waals surface area contributed by atoms with Gasteiger partial charge >= 0.3 is 0 Å². The summed E-state index contributed by atoms with van der Waals surface area (Å²) in [7, 11) is 0. The summed E-state index contributed by atoms with van der Waals surface area (Å²) in [6.07, 6.45) is 1.72. The molecular formula is C13H26O. The molecule has 14 heavy (non-hydrogen) atoms. The van der Waals surface area contributed by atoms with Gasteiger partial charge in [-0.1, -0.05) is 47.6 Å². The van der Waals surface area contributed by atoms with E-state index in [1.165, 1.54) is 0 Å². The van der Waals surface area contributed by atoms with Crippen LogP contribution >= 0.6 is 0 Å². The summed E-state index contributed by atoms with van der Waals surface area (Å²) in [6.45, 7) is 16.6. The average Bonchev–Trinajstić information content (AvgIpc) is 2.13. The highest BCUT2D eigenvalue weighted by Gasteiger charge is 2.38. The lowest BCUT2D eigenvalue weighted by Gasteiger charge is -2.40. The topological polar surface area (TPSA) is 20.2 Å². The van der Waals surface area contributed by atoms with Gasteiger partial charge in [-0.15, -0.1) is 6.58 Å². The highest BCUT2D eigenvalue weighted by Crippen LogP contribution is 2.36. The fourth-order valence-electron chi connectivity index (χ4n) is 1.85. The summed E-state index contributed by atoms with van der Waals surface area (Å²) in [5.74, 6) is 1.44. The molecule has 0 fully saturated rings. The summed E-state index contributed by atoms with van der Waals surface area (Å²) < 4.78 is 0. The molecule has 1 N–H and O–H groups in total. The molecule has 0 amide bonds. The van der Waals surface area contributed by atoms with E-state index < -0.39 is 5.60 Å². The minimum absolute atomic E-state index is 0.248. The fourth-order valence-corrected chi connectivity index (χ4v) is 1.85. The van der Waals surface area contributed by atoms with Crippen molar-refractivity contribution in [2.24, 2.45) is 23.7 Å². The van der Waals surface area contributed by atoms with Gasteiger partial charge in [0.05, 0.1) is 5.60 Å². The zero-order valence-corrected chi connectivity index (χ0v) is 10.5. The molecule has 0 saturated carbocycles. The molecule has 0 heterocycles. The first-order valence-electron chi connectivity index (χ1n) is 5.63. The molecule has 0 aliphatic carbocycles. The Bertz CT molecular complexity index is 168. The molecule has 0 aromatic carbocycles. The number of rotatable bonds is 5. The summed E-state index contributed by atoms with van der Waals surface area (Å²) in [4.78, 5) is 0. The van der Waals surface area contributed by atoms with Gasteiger partial charge < -0.3 is 5.11 Å². The van der Waals surface area contributed by atoms with E-state index in [1.54, 1.807) is 6.08 Å². The van der Waals surface area contributed by atoms with E-state index in [1.807, 2.05) is 0 Å². The molecule has 2 unspecified atom stereocenters. The van der Waals surface area contributed by atoms with E-state index in [-0.39, 0.29) is 11.8 Å². The molecular weight excluding hydrogens is 172 g/mol. The zero-order valence-electron chi connectivity index (χ0n) is 10.5. The largest absolute Gasteiger partial charge is 0.385 e. The van der Waals surface area contributed by atoms with Crippen LogP contribution in [0.1, 0.15) is 41.5 Å². The SMILES string of the molecule is C=CC(O)(C(C)C(C)C)C(C)C(C)C.